The molecule has 2 aromatic rings. The van der Waals surface area contributed by atoms with Gasteiger partial charge in [-0.3, -0.25) is 0 Å². The molecule has 0 radical (unpaired) electrons. The van der Waals surface area contributed by atoms with E-state index in [-0.39, 0.29) is 6.04 Å². The minimum absolute atomic E-state index is 0.0483. The van der Waals surface area contributed by atoms with Crippen molar-refractivity contribution < 1.29 is 8.94 Å². The molecular formula is C12H19N5O2. The van der Waals surface area contributed by atoms with Crippen molar-refractivity contribution in [1.82, 2.24) is 20.7 Å². The van der Waals surface area contributed by atoms with Gasteiger partial charge in [-0.15, -0.1) is 5.10 Å². The first kappa shape index (κ1) is 13.5. The van der Waals surface area contributed by atoms with Gasteiger partial charge >= 0.3 is 6.01 Å². The topological polar surface area (TPSA) is 89.0 Å². The molecular weight excluding hydrogens is 246 g/mol. The molecule has 19 heavy (non-hydrogen) atoms. The first-order valence-corrected chi connectivity index (χ1v) is 6.34. The maximum atomic E-state index is 5.53. The predicted octanol–water partition coefficient (Wildman–Crippen LogP) is 1.96. The highest BCUT2D eigenvalue weighted by Gasteiger charge is 2.14. The van der Waals surface area contributed by atoms with E-state index in [1.807, 2.05) is 27.7 Å². The van der Waals surface area contributed by atoms with Crippen molar-refractivity contribution in [3.8, 4) is 0 Å². The Kier molecular flexibility index (Phi) is 4.16. The molecule has 0 aliphatic rings. The summed E-state index contributed by atoms with van der Waals surface area (Å²) in [6.07, 6.45) is 0. The van der Waals surface area contributed by atoms with Gasteiger partial charge in [0.1, 0.15) is 5.76 Å². The molecule has 0 bridgehead atoms. The number of hydrogen-bond donors (Lipinski definition) is 2. The first-order chi connectivity index (χ1) is 9.11. The Morgan fingerprint density at radius 2 is 2.05 bits per heavy atom. The zero-order valence-electron chi connectivity index (χ0n) is 11.6. The molecule has 104 valence electrons. The smallest absolute Gasteiger partial charge is 0.315 e. The minimum atomic E-state index is 0.0483. The molecule has 2 rings (SSSR count). The van der Waals surface area contributed by atoms with Gasteiger partial charge in [-0.25, -0.2) is 0 Å². The second kappa shape index (κ2) is 5.83. The normalized spacial score (nSPS) is 12.6. The summed E-state index contributed by atoms with van der Waals surface area (Å²) >= 11 is 0. The number of aromatic nitrogens is 3. The van der Waals surface area contributed by atoms with E-state index in [4.69, 9.17) is 8.94 Å². The summed E-state index contributed by atoms with van der Waals surface area (Å²) in [4.78, 5) is 0. The van der Waals surface area contributed by atoms with Crippen molar-refractivity contribution in [3.05, 3.63) is 22.9 Å². The molecule has 1 unspecified atom stereocenters. The summed E-state index contributed by atoms with van der Waals surface area (Å²) < 4.78 is 10.6. The molecule has 0 amide bonds. The molecule has 7 nitrogen and oxygen atoms in total. The Balaban J connectivity index is 1.97. The Bertz CT molecular complexity index is 514. The monoisotopic (exact) mass is 265 g/mol. The zero-order valence-corrected chi connectivity index (χ0v) is 11.6. The Morgan fingerprint density at radius 1 is 1.26 bits per heavy atom. The Labute approximate surface area is 111 Å². The number of nitrogens with zero attached hydrogens (tertiary/aromatic N) is 3. The van der Waals surface area contributed by atoms with Crippen LogP contribution in [0.3, 0.4) is 0 Å². The van der Waals surface area contributed by atoms with Crippen LogP contribution in [0.1, 0.15) is 42.8 Å². The van der Waals surface area contributed by atoms with Gasteiger partial charge in [-0.1, -0.05) is 17.2 Å². The van der Waals surface area contributed by atoms with E-state index in [2.05, 4.69) is 26.0 Å². The summed E-state index contributed by atoms with van der Waals surface area (Å²) in [5.41, 5.74) is 1.88. The van der Waals surface area contributed by atoms with Gasteiger partial charge in [0.25, 0.3) is 0 Å². The van der Waals surface area contributed by atoms with Crippen LogP contribution in [-0.2, 0) is 6.54 Å². The Hall–Kier alpha value is -1.89. The zero-order chi connectivity index (χ0) is 13.8. The Morgan fingerprint density at radius 3 is 2.68 bits per heavy atom. The van der Waals surface area contributed by atoms with Crippen LogP contribution in [0.2, 0.25) is 0 Å². The molecule has 0 aliphatic carbocycles. The van der Waals surface area contributed by atoms with Crippen LogP contribution >= 0.6 is 0 Å². The highest BCUT2D eigenvalue weighted by Crippen LogP contribution is 2.16. The van der Waals surface area contributed by atoms with E-state index in [9.17, 15) is 0 Å². The summed E-state index contributed by atoms with van der Waals surface area (Å²) in [5.74, 6) is 1.37. The van der Waals surface area contributed by atoms with Gasteiger partial charge in [-0.2, -0.15) is 0 Å². The van der Waals surface area contributed by atoms with Gasteiger partial charge in [0.2, 0.25) is 5.89 Å². The van der Waals surface area contributed by atoms with E-state index >= 15 is 0 Å². The molecule has 0 aliphatic heterocycles. The fourth-order valence-corrected chi connectivity index (χ4v) is 1.79. The SMILES string of the molecule is CCNC(C)c1nnc(NCc2c(C)noc2C)o1. The van der Waals surface area contributed by atoms with Crippen LogP contribution in [0.25, 0.3) is 0 Å². The number of hydrogen-bond acceptors (Lipinski definition) is 7. The van der Waals surface area contributed by atoms with Gasteiger partial charge in [0.05, 0.1) is 11.7 Å². The second-order valence-corrected chi connectivity index (χ2v) is 4.38. The van der Waals surface area contributed by atoms with Gasteiger partial charge in [-0.05, 0) is 27.3 Å². The molecule has 2 aromatic heterocycles. The van der Waals surface area contributed by atoms with Crippen LogP contribution in [0.15, 0.2) is 8.94 Å². The highest BCUT2D eigenvalue weighted by molar-refractivity contribution is 5.27. The van der Waals surface area contributed by atoms with Crippen molar-refractivity contribution >= 4 is 6.01 Å². The van der Waals surface area contributed by atoms with Crippen molar-refractivity contribution in [2.24, 2.45) is 0 Å². The molecule has 0 saturated carbocycles. The number of nitrogens with one attached hydrogen (secondary N) is 2. The maximum absolute atomic E-state index is 5.53. The van der Waals surface area contributed by atoms with E-state index < -0.39 is 0 Å². The number of aryl methyl sites for hydroxylation is 2. The lowest BCUT2D eigenvalue weighted by Gasteiger charge is -2.05. The van der Waals surface area contributed by atoms with E-state index in [0.717, 1.165) is 23.6 Å². The van der Waals surface area contributed by atoms with Crippen LogP contribution < -0.4 is 10.6 Å². The van der Waals surface area contributed by atoms with Crippen LogP contribution in [-0.4, -0.2) is 21.9 Å². The highest BCUT2D eigenvalue weighted by atomic mass is 16.5. The van der Waals surface area contributed by atoms with Gasteiger partial charge in [0, 0.05) is 12.1 Å². The molecule has 7 heteroatoms. The van der Waals surface area contributed by atoms with Crippen LogP contribution in [0.4, 0.5) is 6.01 Å². The fraction of sp³-hybridized carbons (Fsp3) is 0.583. The second-order valence-electron chi connectivity index (χ2n) is 4.38. The lowest BCUT2D eigenvalue weighted by molar-refractivity contribution is 0.392. The van der Waals surface area contributed by atoms with Crippen molar-refractivity contribution in [1.29, 1.82) is 0 Å². The van der Waals surface area contributed by atoms with E-state index in [0.29, 0.717) is 18.5 Å². The summed E-state index contributed by atoms with van der Waals surface area (Å²) in [5, 5.41) is 18.1. The molecule has 0 fully saturated rings. The molecule has 0 aromatic carbocycles. The van der Waals surface area contributed by atoms with E-state index in [1.165, 1.54) is 0 Å². The maximum Gasteiger partial charge on any atom is 0.315 e. The predicted molar refractivity (Wildman–Crippen MR) is 69.7 cm³/mol. The van der Waals surface area contributed by atoms with Crippen LogP contribution in [0, 0.1) is 13.8 Å². The largest absolute Gasteiger partial charge is 0.406 e. The van der Waals surface area contributed by atoms with Gasteiger partial charge < -0.3 is 19.6 Å². The third-order valence-corrected chi connectivity index (χ3v) is 2.92. The van der Waals surface area contributed by atoms with Crippen molar-refractivity contribution in [2.45, 2.75) is 40.3 Å². The van der Waals surface area contributed by atoms with Crippen molar-refractivity contribution in [2.75, 3.05) is 11.9 Å². The summed E-state index contributed by atoms with van der Waals surface area (Å²) in [7, 11) is 0. The number of rotatable bonds is 6. The average molecular weight is 265 g/mol. The fourth-order valence-electron chi connectivity index (χ4n) is 1.79. The quantitative estimate of drug-likeness (QED) is 0.825. The lowest BCUT2D eigenvalue weighted by atomic mass is 10.2. The molecule has 2 heterocycles. The first-order valence-electron chi connectivity index (χ1n) is 6.34. The standard InChI is InChI=1S/C12H19N5O2/c1-5-13-8(3)11-15-16-12(18-11)14-6-10-7(2)17-19-9(10)4/h8,13H,5-6H2,1-4H3,(H,14,16). The molecule has 2 N–H and O–H groups in total. The summed E-state index contributed by atoms with van der Waals surface area (Å²) in [6, 6.07) is 0.451. The molecule has 0 saturated heterocycles. The summed E-state index contributed by atoms with van der Waals surface area (Å²) in [6.45, 7) is 9.20. The van der Waals surface area contributed by atoms with Crippen molar-refractivity contribution in [3.63, 3.8) is 0 Å². The van der Waals surface area contributed by atoms with Gasteiger partial charge in [0.15, 0.2) is 0 Å². The number of anilines is 1. The average Bonchev–Trinajstić information content (AvgIpc) is 2.96. The van der Waals surface area contributed by atoms with Crippen LogP contribution in [0.5, 0.6) is 0 Å². The molecule has 1 atom stereocenters. The minimum Gasteiger partial charge on any atom is -0.406 e. The molecule has 0 spiro atoms. The van der Waals surface area contributed by atoms with E-state index in [1.54, 1.807) is 0 Å². The third-order valence-electron chi connectivity index (χ3n) is 2.92. The lowest BCUT2D eigenvalue weighted by Crippen LogP contribution is -2.17. The third kappa shape index (κ3) is 3.11.